The van der Waals surface area contributed by atoms with Crippen molar-refractivity contribution >= 4 is 17.8 Å². The first-order valence-corrected chi connectivity index (χ1v) is 8.13. The molecule has 6 heteroatoms. The van der Waals surface area contributed by atoms with Gasteiger partial charge < -0.3 is 18.6 Å². The number of carbonyl (C=O) groups is 2. The Labute approximate surface area is 154 Å². The maximum atomic E-state index is 12.6. The van der Waals surface area contributed by atoms with Crippen LogP contribution < -0.4 is 14.2 Å². The summed E-state index contributed by atoms with van der Waals surface area (Å²) in [6.45, 7) is 0. The van der Waals surface area contributed by atoms with Gasteiger partial charge in [-0.2, -0.15) is 0 Å². The number of rotatable bonds is 4. The van der Waals surface area contributed by atoms with Gasteiger partial charge in [0.25, 0.3) is 0 Å². The summed E-state index contributed by atoms with van der Waals surface area (Å²) < 4.78 is 21.2. The fraction of sp³-hybridized carbons (Fsp3) is 0.0476. The summed E-state index contributed by atoms with van der Waals surface area (Å²) in [7, 11) is 1.56. The fourth-order valence-electron chi connectivity index (χ4n) is 2.71. The molecule has 0 atom stereocenters. The molecule has 0 radical (unpaired) electrons. The minimum Gasteiger partial charge on any atom is -0.496 e. The Morgan fingerprint density at radius 2 is 1.93 bits per heavy atom. The van der Waals surface area contributed by atoms with Crippen LogP contribution in [0.15, 0.2) is 71.0 Å². The standard InChI is InChI=1S/C21H14O6/c1-24-16-6-3-2-5-13(16)11-19-20(22)15-9-8-14(12-18(15)27-19)26-21(23)17-7-4-10-25-17/h2-12H,1H3/b19-11-. The number of furan rings is 1. The van der Waals surface area contributed by atoms with Gasteiger partial charge in [-0.15, -0.1) is 0 Å². The third-order valence-electron chi connectivity index (χ3n) is 4.00. The number of benzene rings is 2. The van der Waals surface area contributed by atoms with E-state index in [9.17, 15) is 9.59 Å². The molecule has 0 saturated carbocycles. The molecule has 1 aliphatic rings. The van der Waals surface area contributed by atoms with Crippen LogP contribution in [0.3, 0.4) is 0 Å². The van der Waals surface area contributed by atoms with Crippen molar-refractivity contribution in [3.8, 4) is 17.2 Å². The van der Waals surface area contributed by atoms with Crippen LogP contribution in [0.5, 0.6) is 17.2 Å². The van der Waals surface area contributed by atoms with Crippen molar-refractivity contribution in [1.29, 1.82) is 0 Å². The van der Waals surface area contributed by atoms with Gasteiger partial charge in [0.05, 0.1) is 18.9 Å². The minimum absolute atomic E-state index is 0.0873. The molecule has 4 rings (SSSR count). The summed E-state index contributed by atoms with van der Waals surface area (Å²) in [5, 5.41) is 0. The number of allylic oxidation sites excluding steroid dienone is 1. The number of fused-ring (bicyclic) bond motifs is 1. The molecule has 0 N–H and O–H groups in total. The Kier molecular flexibility index (Phi) is 4.22. The lowest BCUT2D eigenvalue weighted by atomic mass is 10.1. The fourth-order valence-corrected chi connectivity index (χ4v) is 2.71. The van der Waals surface area contributed by atoms with Crippen LogP contribution in [0, 0.1) is 0 Å². The van der Waals surface area contributed by atoms with Gasteiger partial charge in [-0.1, -0.05) is 18.2 Å². The van der Waals surface area contributed by atoms with Crippen molar-refractivity contribution in [3.63, 3.8) is 0 Å². The first kappa shape index (κ1) is 16.7. The number of ketones is 1. The van der Waals surface area contributed by atoms with E-state index in [1.165, 1.54) is 24.5 Å². The third kappa shape index (κ3) is 3.20. The van der Waals surface area contributed by atoms with E-state index < -0.39 is 5.97 Å². The van der Waals surface area contributed by atoms with Crippen molar-refractivity contribution in [2.75, 3.05) is 7.11 Å². The number of para-hydroxylation sites is 1. The van der Waals surface area contributed by atoms with Crippen LogP contribution in [0.4, 0.5) is 0 Å². The van der Waals surface area contributed by atoms with E-state index in [0.29, 0.717) is 17.1 Å². The van der Waals surface area contributed by atoms with E-state index >= 15 is 0 Å². The highest BCUT2D eigenvalue weighted by atomic mass is 16.5. The van der Waals surface area contributed by atoms with E-state index in [4.69, 9.17) is 18.6 Å². The molecule has 27 heavy (non-hydrogen) atoms. The molecule has 3 aromatic rings. The number of hydrogen-bond acceptors (Lipinski definition) is 6. The van der Waals surface area contributed by atoms with Crippen molar-refractivity contribution < 1.29 is 28.2 Å². The number of hydrogen-bond donors (Lipinski definition) is 0. The van der Waals surface area contributed by atoms with Gasteiger partial charge in [0, 0.05) is 11.6 Å². The maximum Gasteiger partial charge on any atom is 0.379 e. The highest BCUT2D eigenvalue weighted by molar-refractivity contribution is 6.14. The zero-order chi connectivity index (χ0) is 18.8. The summed E-state index contributed by atoms with van der Waals surface area (Å²) in [4.78, 5) is 24.5. The van der Waals surface area contributed by atoms with Gasteiger partial charge in [-0.25, -0.2) is 4.79 Å². The molecule has 0 spiro atoms. The van der Waals surface area contributed by atoms with Crippen molar-refractivity contribution in [2.24, 2.45) is 0 Å². The Balaban J connectivity index is 1.59. The molecular formula is C21H14O6. The second kappa shape index (κ2) is 6.84. The quantitative estimate of drug-likeness (QED) is 0.395. The predicted molar refractivity (Wildman–Crippen MR) is 96.0 cm³/mol. The SMILES string of the molecule is COc1ccccc1/C=C1\Oc2cc(OC(=O)c3ccco3)ccc2C1=O. The Morgan fingerprint density at radius 1 is 1.07 bits per heavy atom. The normalized spacial score (nSPS) is 14.0. The van der Waals surface area contributed by atoms with Crippen molar-refractivity contribution in [1.82, 2.24) is 0 Å². The first-order chi connectivity index (χ1) is 13.2. The molecule has 0 unspecified atom stereocenters. The molecule has 0 amide bonds. The summed E-state index contributed by atoms with van der Waals surface area (Å²) in [6, 6.07) is 15.0. The minimum atomic E-state index is -0.630. The first-order valence-electron chi connectivity index (χ1n) is 8.13. The lowest BCUT2D eigenvalue weighted by Crippen LogP contribution is -2.07. The summed E-state index contributed by atoms with van der Waals surface area (Å²) in [5.41, 5.74) is 1.12. The Hall–Kier alpha value is -3.80. The second-order valence-electron chi connectivity index (χ2n) is 5.71. The average molecular weight is 362 g/mol. The third-order valence-corrected chi connectivity index (χ3v) is 4.00. The molecular weight excluding hydrogens is 348 g/mol. The van der Waals surface area contributed by atoms with Crippen LogP contribution in [0.25, 0.3) is 6.08 Å². The summed E-state index contributed by atoms with van der Waals surface area (Å²) >= 11 is 0. The highest BCUT2D eigenvalue weighted by Crippen LogP contribution is 2.35. The molecule has 0 saturated heterocycles. The van der Waals surface area contributed by atoms with E-state index in [1.54, 1.807) is 31.4 Å². The van der Waals surface area contributed by atoms with Crippen LogP contribution in [0.2, 0.25) is 0 Å². The largest absolute Gasteiger partial charge is 0.496 e. The number of carbonyl (C=O) groups excluding carboxylic acids is 2. The summed E-state index contributed by atoms with van der Waals surface area (Å²) in [5.74, 6) is 0.583. The van der Waals surface area contributed by atoms with Crippen LogP contribution in [-0.4, -0.2) is 18.9 Å². The highest BCUT2D eigenvalue weighted by Gasteiger charge is 2.28. The average Bonchev–Trinajstić information content (AvgIpc) is 3.31. The molecule has 2 aromatic carbocycles. The van der Waals surface area contributed by atoms with Gasteiger partial charge >= 0.3 is 5.97 Å². The van der Waals surface area contributed by atoms with E-state index in [0.717, 1.165) is 5.56 Å². The number of esters is 1. The molecule has 2 heterocycles. The molecule has 0 aliphatic carbocycles. The monoisotopic (exact) mass is 362 g/mol. The Morgan fingerprint density at radius 3 is 2.70 bits per heavy atom. The molecule has 0 bridgehead atoms. The van der Waals surface area contributed by atoms with Gasteiger partial charge in [0.1, 0.15) is 17.2 Å². The number of ether oxygens (including phenoxy) is 3. The zero-order valence-corrected chi connectivity index (χ0v) is 14.3. The van der Waals surface area contributed by atoms with E-state index in [2.05, 4.69) is 0 Å². The Bertz CT molecular complexity index is 1050. The number of Topliss-reactive ketones (excluding diaryl/α,β-unsaturated/α-hetero) is 1. The predicted octanol–water partition coefficient (Wildman–Crippen LogP) is 4.12. The maximum absolute atomic E-state index is 12.6. The number of methoxy groups -OCH3 is 1. The lowest BCUT2D eigenvalue weighted by molar-refractivity contribution is 0.0701. The smallest absolute Gasteiger partial charge is 0.379 e. The topological polar surface area (TPSA) is 75.0 Å². The van der Waals surface area contributed by atoms with Gasteiger partial charge in [0.15, 0.2) is 5.76 Å². The second-order valence-corrected chi connectivity index (χ2v) is 5.71. The van der Waals surface area contributed by atoms with Crippen LogP contribution >= 0.6 is 0 Å². The van der Waals surface area contributed by atoms with E-state index in [1.807, 2.05) is 18.2 Å². The molecule has 1 aliphatic heterocycles. The molecule has 1 aromatic heterocycles. The molecule has 0 fully saturated rings. The van der Waals surface area contributed by atoms with Gasteiger partial charge in [0.2, 0.25) is 11.5 Å². The van der Waals surface area contributed by atoms with Crippen molar-refractivity contribution in [3.05, 3.63) is 83.5 Å². The van der Waals surface area contributed by atoms with Gasteiger partial charge in [-0.3, -0.25) is 4.79 Å². The molecule has 134 valence electrons. The zero-order valence-electron chi connectivity index (χ0n) is 14.3. The van der Waals surface area contributed by atoms with E-state index in [-0.39, 0.29) is 23.1 Å². The van der Waals surface area contributed by atoms with Crippen LogP contribution in [0.1, 0.15) is 26.5 Å². The van der Waals surface area contributed by atoms with Gasteiger partial charge in [-0.05, 0) is 36.4 Å². The van der Waals surface area contributed by atoms with Crippen LogP contribution in [-0.2, 0) is 0 Å². The van der Waals surface area contributed by atoms with Crippen molar-refractivity contribution in [2.45, 2.75) is 0 Å². The lowest BCUT2D eigenvalue weighted by Gasteiger charge is -2.05. The molecule has 6 nitrogen and oxygen atoms in total. The summed E-state index contributed by atoms with van der Waals surface area (Å²) in [6.07, 6.45) is 3.01.